The maximum atomic E-state index is 13.4. The molecule has 1 heterocycles. The number of benzene rings is 1. The largest absolute Gasteiger partial charge is 0.369 e. The normalized spacial score (nSPS) is 15.9. The highest BCUT2D eigenvalue weighted by molar-refractivity contribution is 9.10. The number of hydrogen-bond acceptors (Lipinski definition) is 9. The molecule has 0 spiro atoms. The van der Waals surface area contributed by atoms with Crippen molar-refractivity contribution in [2.24, 2.45) is 15.7 Å². The number of halogens is 2. The summed E-state index contributed by atoms with van der Waals surface area (Å²) < 4.78 is 45.4. The first kappa shape index (κ1) is 25.8. The average Bonchev–Trinajstić information content (AvgIpc) is 3.28. The molecule has 6 N–H and O–H groups in total. The van der Waals surface area contributed by atoms with Crippen molar-refractivity contribution in [1.82, 2.24) is 20.5 Å². The van der Waals surface area contributed by atoms with Crippen LogP contribution in [-0.4, -0.2) is 54.1 Å². The zero-order valence-corrected chi connectivity index (χ0v) is 20.6. The molecule has 186 valence electrons. The molecule has 3 rings (SSSR count). The van der Waals surface area contributed by atoms with Gasteiger partial charge in [-0.05, 0) is 63.7 Å². The van der Waals surface area contributed by atoms with E-state index in [0.717, 1.165) is 19.3 Å². The number of rotatable bonds is 9. The smallest absolute Gasteiger partial charge is 0.237 e. The van der Waals surface area contributed by atoms with Crippen LogP contribution < -0.4 is 21.3 Å². The number of nitrogens with one attached hydrogen (secondary N) is 3. The van der Waals surface area contributed by atoms with Crippen molar-refractivity contribution >= 4 is 49.3 Å². The second-order valence-electron chi connectivity index (χ2n) is 7.59. The predicted octanol–water partition coefficient (Wildman–Crippen LogP) is 2.40. The van der Waals surface area contributed by atoms with Gasteiger partial charge in [0.15, 0.2) is 11.5 Å². The van der Waals surface area contributed by atoms with E-state index in [1.807, 2.05) is 5.48 Å². The summed E-state index contributed by atoms with van der Waals surface area (Å²) in [5.74, 6) is -0.454. The monoisotopic (exact) mass is 560 g/mol. The van der Waals surface area contributed by atoms with E-state index in [9.17, 15) is 18.0 Å². The van der Waals surface area contributed by atoms with E-state index in [1.165, 1.54) is 18.2 Å². The number of hydrogen-bond donors (Lipinski definition) is 5. The van der Waals surface area contributed by atoms with Crippen LogP contribution in [0.2, 0.25) is 0 Å². The first-order valence-corrected chi connectivity index (χ1v) is 13.0. The Labute approximate surface area is 204 Å². The van der Waals surface area contributed by atoms with Crippen LogP contribution in [0.1, 0.15) is 44.2 Å². The van der Waals surface area contributed by atoms with E-state index in [2.05, 4.69) is 46.3 Å². The molecular weight excluding hydrogens is 535 g/mol. The number of nitrogens with zero attached hydrogens (tertiary/aromatic N) is 4. The molecule has 1 fully saturated rings. The third kappa shape index (κ3) is 7.11. The summed E-state index contributed by atoms with van der Waals surface area (Å²) >= 11 is 3.07. The Morgan fingerprint density at radius 3 is 2.76 bits per heavy atom. The minimum Gasteiger partial charge on any atom is -0.369 e. The number of hydroxylamine groups is 1. The highest BCUT2D eigenvalue weighted by atomic mass is 79.9. The third-order valence-electron chi connectivity index (χ3n) is 5.11. The molecule has 1 aliphatic carbocycles. The highest BCUT2D eigenvalue weighted by Gasteiger charge is 2.27. The van der Waals surface area contributed by atoms with Crippen LogP contribution in [0.3, 0.4) is 0 Å². The van der Waals surface area contributed by atoms with Crippen LogP contribution in [0.4, 0.5) is 15.9 Å². The number of amidine groups is 1. The predicted molar refractivity (Wildman–Crippen MR) is 128 cm³/mol. The lowest BCUT2D eigenvalue weighted by Gasteiger charge is -2.22. The van der Waals surface area contributed by atoms with E-state index < -0.39 is 21.1 Å². The molecule has 34 heavy (non-hydrogen) atoms. The maximum absolute atomic E-state index is 13.4. The van der Waals surface area contributed by atoms with E-state index in [4.69, 9.17) is 10.4 Å². The topological polar surface area (TPSA) is 180 Å². The van der Waals surface area contributed by atoms with Crippen molar-refractivity contribution in [2.75, 3.05) is 18.4 Å². The Kier molecular flexibility index (Phi) is 9.18. The summed E-state index contributed by atoms with van der Waals surface area (Å²) in [7, 11) is -3.53. The number of aromatic nitrogens is 2. The van der Waals surface area contributed by atoms with Crippen molar-refractivity contribution < 1.29 is 22.6 Å². The van der Waals surface area contributed by atoms with Crippen LogP contribution in [0.5, 0.6) is 0 Å². The van der Waals surface area contributed by atoms with Gasteiger partial charge in [0.2, 0.25) is 21.8 Å². The fourth-order valence-electron chi connectivity index (χ4n) is 3.40. The van der Waals surface area contributed by atoms with Crippen LogP contribution in [-0.2, 0) is 10.0 Å². The van der Waals surface area contributed by atoms with Gasteiger partial charge in [0.05, 0.1) is 15.4 Å². The fraction of sp³-hybridized carbons (Fsp3) is 0.474. The lowest BCUT2D eigenvalue weighted by atomic mass is 10.0. The molecule has 1 saturated carbocycles. The lowest BCUT2D eigenvalue weighted by molar-refractivity contribution is 0.234. The molecule has 2 aromatic rings. The second-order valence-corrected chi connectivity index (χ2v) is 10.4. The SMILES string of the molecule is NC(=NCCCNc1nonc1C(=Nc1ccc(F)c(Br)c1)NO)NS(=O)(=O)C1CCCCC1. The molecule has 1 aliphatic rings. The molecular formula is C19H26BrFN8O4S. The summed E-state index contributed by atoms with van der Waals surface area (Å²) in [6, 6.07) is 4.07. The minimum atomic E-state index is -3.53. The van der Waals surface area contributed by atoms with Gasteiger partial charge in [-0.25, -0.2) is 22.4 Å². The van der Waals surface area contributed by atoms with Crippen LogP contribution >= 0.6 is 15.9 Å². The number of sulfonamides is 1. The molecule has 0 radical (unpaired) electrons. The molecule has 0 aliphatic heterocycles. The van der Waals surface area contributed by atoms with E-state index >= 15 is 0 Å². The van der Waals surface area contributed by atoms with Gasteiger partial charge in [-0.1, -0.05) is 19.3 Å². The lowest BCUT2D eigenvalue weighted by Crippen LogP contribution is -2.43. The van der Waals surface area contributed by atoms with Gasteiger partial charge in [0.25, 0.3) is 0 Å². The Balaban J connectivity index is 1.52. The van der Waals surface area contributed by atoms with E-state index in [0.29, 0.717) is 31.5 Å². The van der Waals surface area contributed by atoms with Gasteiger partial charge >= 0.3 is 0 Å². The summed E-state index contributed by atoms with van der Waals surface area (Å²) in [6.07, 6.45) is 4.60. The summed E-state index contributed by atoms with van der Waals surface area (Å²) in [5, 5.41) is 19.5. The molecule has 0 unspecified atom stereocenters. The van der Waals surface area contributed by atoms with Crippen LogP contribution in [0.25, 0.3) is 0 Å². The molecule has 15 heteroatoms. The summed E-state index contributed by atoms with van der Waals surface area (Å²) in [4.78, 5) is 8.24. The van der Waals surface area contributed by atoms with Gasteiger partial charge in [0.1, 0.15) is 5.82 Å². The zero-order chi connectivity index (χ0) is 24.6. The number of nitrogens with two attached hydrogens (primary N) is 1. The quantitative estimate of drug-likeness (QED) is 0.133. The molecule has 0 saturated heterocycles. The Morgan fingerprint density at radius 1 is 1.29 bits per heavy atom. The van der Waals surface area contributed by atoms with Crippen molar-refractivity contribution in [2.45, 2.75) is 43.8 Å². The summed E-state index contributed by atoms with van der Waals surface area (Å²) in [5.41, 5.74) is 8.12. The van der Waals surface area contributed by atoms with Gasteiger partial charge in [0, 0.05) is 13.1 Å². The molecule has 1 aromatic heterocycles. The van der Waals surface area contributed by atoms with Crippen molar-refractivity contribution in [3.63, 3.8) is 0 Å². The molecule has 12 nitrogen and oxygen atoms in total. The van der Waals surface area contributed by atoms with Crippen molar-refractivity contribution in [3.05, 3.63) is 34.2 Å². The standard InChI is InChI=1S/C19H26BrFN8O4S/c20-14-11-12(7-8-15(14)21)25-18(26-30)16-17(28-33-27-16)23-9-4-10-24-19(22)29-34(31,32)13-5-2-1-3-6-13/h7-8,11,13,30H,1-6,9-10H2,(H,23,28)(H,25,26)(H3,22,24,29). The Bertz CT molecular complexity index is 1140. The van der Waals surface area contributed by atoms with Gasteiger partial charge in [-0.15, -0.1) is 0 Å². The third-order valence-corrected chi connectivity index (χ3v) is 7.56. The number of anilines is 1. The van der Waals surface area contributed by atoms with E-state index in [1.54, 1.807) is 0 Å². The molecule has 0 amide bonds. The molecule has 0 bridgehead atoms. The van der Waals surface area contributed by atoms with E-state index in [-0.39, 0.29) is 34.3 Å². The average molecular weight is 561 g/mol. The first-order valence-electron chi connectivity index (χ1n) is 10.6. The highest BCUT2D eigenvalue weighted by Crippen LogP contribution is 2.24. The second kappa shape index (κ2) is 12.1. The maximum Gasteiger partial charge on any atom is 0.237 e. The Hall–Kier alpha value is -2.78. The van der Waals surface area contributed by atoms with Gasteiger partial charge in [-0.2, -0.15) is 0 Å². The van der Waals surface area contributed by atoms with Crippen molar-refractivity contribution in [1.29, 1.82) is 0 Å². The summed E-state index contributed by atoms with van der Waals surface area (Å²) in [6.45, 7) is 0.629. The van der Waals surface area contributed by atoms with Crippen LogP contribution in [0.15, 0.2) is 37.3 Å². The van der Waals surface area contributed by atoms with Crippen molar-refractivity contribution in [3.8, 4) is 0 Å². The molecule has 1 aromatic carbocycles. The number of aliphatic imine (C=N–C) groups is 2. The minimum absolute atomic E-state index is 0.0679. The van der Waals surface area contributed by atoms with Gasteiger partial charge in [-0.3, -0.25) is 20.4 Å². The first-order chi connectivity index (χ1) is 16.3. The number of guanidine groups is 1. The fourth-order valence-corrected chi connectivity index (χ4v) is 5.24. The molecule has 0 atom stereocenters. The van der Waals surface area contributed by atoms with Gasteiger partial charge < -0.3 is 11.1 Å². The van der Waals surface area contributed by atoms with Crippen LogP contribution in [0, 0.1) is 5.82 Å². The Morgan fingerprint density at radius 2 is 2.06 bits per heavy atom. The zero-order valence-electron chi connectivity index (χ0n) is 18.2.